The molecule has 0 saturated heterocycles. The van der Waals surface area contributed by atoms with Gasteiger partial charge in [0.15, 0.2) is 0 Å². The molecular weight excluding hydrogens is 251 g/mol. The maximum Gasteiger partial charge on any atom is 0.234 e. The van der Waals surface area contributed by atoms with E-state index >= 15 is 0 Å². The predicted molar refractivity (Wildman–Crippen MR) is 63.6 cm³/mol. The Bertz CT molecular complexity index is 527. The summed E-state index contributed by atoms with van der Waals surface area (Å²) in [4.78, 5) is 11.4. The minimum atomic E-state index is -1.06. The van der Waals surface area contributed by atoms with Crippen molar-refractivity contribution in [3.8, 4) is 11.8 Å². The molecule has 1 heterocycles. The smallest absolute Gasteiger partial charge is 0.234 e. The van der Waals surface area contributed by atoms with Gasteiger partial charge in [-0.15, -0.1) is 0 Å². The van der Waals surface area contributed by atoms with Gasteiger partial charge in [0.2, 0.25) is 5.91 Å². The first-order valence-corrected chi connectivity index (χ1v) is 5.88. The molecule has 0 fully saturated rings. The van der Waals surface area contributed by atoms with Crippen LogP contribution >= 0.6 is 0 Å². The van der Waals surface area contributed by atoms with Crippen molar-refractivity contribution >= 4 is 5.91 Å². The Hall–Kier alpha value is -2.13. The number of aliphatic hydroxyl groups is 1. The lowest BCUT2D eigenvalue weighted by Gasteiger charge is -2.21. The number of nitrogens with zero attached hydrogens (tertiary/aromatic N) is 1. The number of carbonyl (C=O) groups excluding carboxylic acids is 1. The van der Waals surface area contributed by atoms with E-state index in [-0.39, 0.29) is 6.42 Å². The van der Waals surface area contributed by atoms with E-state index in [1.807, 2.05) is 0 Å². The Balaban J connectivity index is 2.20. The number of nitrogens with one attached hydrogen (secondary N) is 1. The van der Waals surface area contributed by atoms with Crippen molar-refractivity contribution < 1.29 is 19.0 Å². The summed E-state index contributed by atoms with van der Waals surface area (Å²) in [6, 6.07) is 5.03. The summed E-state index contributed by atoms with van der Waals surface area (Å²) >= 11 is 0. The first-order valence-electron chi connectivity index (χ1n) is 5.88. The number of amides is 1. The van der Waals surface area contributed by atoms with Crippen LogP contribution in [0.5, 0.6) is 5.75 Å². The molecule has 2 unspecified atom stereocenters. The number of rotatable bonds is 2. The average molecular weight is 264 g/mol. The maximum absolute atomic E-state index is 13.2. The van der Waals surface area contributed by atoms with Crippen LogP contribution in [0.2, 0.25) is 0 Å². The zero-order valence-corrected chi connectivity index (χ0v) is 10.1. The second-order valence-corrected chi connectivity index (χ2v) is 4.27. The number of halogens is 1. The SMILES string of the molecule is N#CCC(=O)NC1CCOc2ccc(F)cc2C1O. The first-order chi connectivity index (χ1) is 9.11. The van der Waals surface area contributed by atoms with Gasteiger partial charge in [0.1, 0.15) is 24.1 Å². The first kappa shape index (κ1) is 13.3. The van der Waals surface area contributed by atoms with E-state index in [2.05, 4.69) is 5.32 Å². The Morgan fingerprint density at radius 1 is 1.63 bits per heavy atom. The number of ether oxygens (including phenoxy) is 1. The van der Waals surface area contributed by atoms with Crippen molar-refractivity contribution in [2.75, 3.05) is 6.61 Å². The van der Waals surface area contributed by atoms with E-state index in [4.69, 9.17) is 10.00 Å². The van der Waals surface area contributed by atoms with Crippen molar-refractivity contribution in [2.24, 2.45) is 0 Å². The molecule has 2 rings (SSSR count). The zero-order valence-electron chi connectivity index (χ0n) is 10.1. The molecule has 0 aliphatic carbocycles. The summed E-state index contributed by atoms with van der Waals surface area (Å²) in [5, 5.41) is 21.2. The fourth-order valence-electron chi connectivity index (χ4n) is 2.03. The van der Waals surface area contributed by atoms with Crippen LogP contribution in [0, 0.1) is 17.1 Å². The normalized spacial score (nSPS) is 21.5. The largest absolute Gasteiger partial charge is 0.493 e. The lowest BCUT2D eigenvalue weighted by Crippen LogP contribution is -2.39. The van der Waals surface area contributed by atoms with Crippen LogP contribution in [0.1, 0.15) is 24.5 Å². The molecule has 0 saturated carbocycles. The van der Waals surface area contributed by atoms with Crippen molar-refractivity contribution in [3.05, 3.63) is 29.6 Å². The van der Waals surface area contributed by atoms with E-state index in [0.29, 0.717) is 24.3 Å². The van der Waals surface area contributed by atoms with Crippen LogP contribution in [0.25, 0.3) is 0 Å². The fraction of sp³-hybridized carbons (Fsp3) is 0.385. The number of carbonyl (C=O) groups is 1. The topological polar surface area (TPSA) is 82.4 Å². The Morgan fingerprint density at radius 3 is 3.16 bits per heavy atom. The molecule has 0 bridgehead atoms. The number of benzene rings is 1. The molecule has 19 heavy (non-hydrogen) atoms. The van der Waals surface area contributed by atoms with Gasteiger partial charge in [-0.1, -0.05) is 0 Å². The van der Waals surface area contributed by atoms with Crippen LogP contribution in [-0.4, -0.2) is 23.7 Å². The molecular formula is C13H13FN2O3. The zero-order chi connectivity index (χ0) is 13.8. The Kier molecular flexibility index (Phi) is 3.97. The molecule has 6 heteroatoms. The van der Waals surface area contributed by atoms with E-state index in [0.717, 1.165) is 0 Å². The molecule has 5 nitrogen and oxygen atoms in total. The number of hydrogen-bond donors (Lipinski definition) is 2. The van der Waals surface area contributed by atoms with E-state index in [9.17, 15) is 14.3 Å². The Morgan fingerprint density at radius 2 is 2.42 bits per heavy atom. The van der Waals surface area contributed by atoms with Crippen molar-refractivity contribution in [1.29, 1.82) is 5.26 Å². The number of hydrogen-bond acceptors (Lipinski definition) is 4. The summed E-state index contributed by atoms with van der Waals surface area (Å²) in [5.41, 5.74) is 0.305. The molecule has 2 N–H and O–H groups in total. The summed E-state index contributed by atoms with van der Waals surface area (Å²) < 4.78 is 18.6. The third-order valence-corrected chi connectivity index (χ3v) is 2.94. The lowest BCUT2D eigenvalue weighted by atomic mass is 10.00. The average Bonchev–Trinajstić information content (AvgIpc) is 2.51. The van der Waals surface area contributed by atoms with E-state index in [1.165, 1.54) is 18.2 Å². The highest BCUT2D eigenvalue weighted by Crippen LogP contribution is 2.32. The summed E-state index contributed by atoms with van der Waals surface area (Å²) in [6.07, 6.45) is -0.954. The van der Waals surface area contributed by atoms with Gasteiger partial charge in [0, 0.05) is 12.0 Å². The molecule has 1 aromatic rings. The molecule has 100 valence electrons. The van der Waals surface area contributed by atoms with Gasteiger partial charge in [-0.2, -0.15) is 5.26 Å². The highest BCUT2D eigenvalue weighted by molar-refractivity contribution is 5.78. The van der Waals surface area contributed by atoms with Gasteiger partial charge in [0.25, 0.3) is 0 Å². The lowest BCUT2D eigenvalue weighted by molar-refractivity contribution is -0.121. The molecule has 0 aromatic heterocycles. The highest BCUT2D eigenvalue weighted by Gasteiger charge is 2.28. The van der Waals surface area contributed by atoms with Crippen molar-refractivity contribution in [2.45, 2.75) is 25.0 Å². The monoisotopic (exact) mass is 264 g/mol. The summed E-state index contributed by atoms with van der Waals surface area (Å²) in [5.74, 6) is -0.539. The summed E-state index contributed by atoms with van der Waals surface area (Å²) in [7, 11) is 0. The van der Waals surface area contributed by atoms with E-state index in [1.54, 1.807) is 6.07 Å². The standard InChI is InChI=1S/C13H13FN2O3/c14-8-1-2-11-9(7-8)13(18)10(4-6-19-11)16-12(17)3-5-15/h1-2,7,10,13,18H,3-4,6H2,(H,16,17). The molecule has 1 aromatic carbocycles. The minimum Gasteiger partial charge on any atom is -0.493 e. The van der Waals surface area contributed by atoms with Crippen LogP contribution in [-0.2, 0) is 4.79 Å². The predicted octanol–water partition coefficient (Wildman–Crippen LogP) is 1.04. The van der Waals surface area contributed by atoms with Crippen molar-refractivity contribution in [3.63, 3.8) is 0 Å². The van der Waals surface area contributed by atoms with Gasteiger partial charge >= 0.3 is 0 Å². The fourth-order valence-corrected chi connectivity index (χ4v) is 2.03. The molecule has 1 amide bonds. The number of fused-ring (bicyclic) bond motifs is 1. The summed E-state index contributed by atoms with van der Waals surface area (Å²) in [6.45, 7) is 0.299. The third-order valence-electron chi connectivity index (χ3n) is 2.94. The molecule has 0 radical (unpaired) electrons. The second kappa shape index (κ2) is 5.67. The van der Waals surface area contributed by atoms with Crippen LogP contribution in [0.4, 0.5) is 4.39 Å². The second-order valence-electron chi connectivity index (χ2n) is 4.27. The highest BCUT2D eigenvalue weighted by atomic mass is 19.1. The van der Waals surface area contributed by atoms with Gasteiger partial charge < -0.3 is 15.2 Å². The quantitative estimate of drug-likeness (QED) is 0.836. The van der Waals surface area contributed by atoms with E-state index < -0.39 is 23.9 Å². The van der Waals surface area contributed by atoms with Gasteiger partial charge in [0.05, 0.1) is 18.7 Å². The van der Waals surface area contributed by atoms with Crippen molar-refractivity contribution in [1.82, 2.24) is 5.32 Å². The molecule has 2 atom stereocenters. The van der Waals surface area contributed by atoms with Crippen LogP contribution in [0.15, 0.2) is 18.2 Å². The van der Waals surface area contributed by atoms with Gasteiger partial charge in [-0.3, -0.25) is 4.79 Å². The minimum absolute atomic E-state index is 0.278. The maximum atomic E-state index is 13.2. The molecule has 0 spiro atoms. The number of nitriles is 1. The van der Waals surface area contributed by atoms with Gasteiger partial charge in [-0.05, 0) is 18.2 Å². The number of aliphatic hydroxyl groups excluding tert-OH is 1. The molecule has 1 aliphatic rings. The molecule has 1 aliphatic heterocycles. The van der Waals surface area contributed by atoms with Crippen LogP contribution in [0.3, 0.4) is 0 Å². The Labute approximate surface area is 109 Å². The van der Waals surface area contributed by atoms with Crippen LogP contribution < -0.4 is 10.1 Å². The third kappa shape index (κ3) is 3.01. The van der Waals surface area contributed by atoms with Gasteiger partial charge in [-0.25, -0.2) is 4.39 Å².